The van der Waals surface area contributed by atoms with Crippen LogP contribution in [0.15, 0.2) is 24.3 Å². The van der Waals surface area contributed by atoms with Crippen LogP contribution in [-0.4, -0.2) is 36.7 Å². The second-order valence-corrected chi connectivity index (χ2v) is 8.09. The number of thiazole rings is 1. The molecule has 1 aromatic heterocycles. The van der Waals surface area contributed by atoms with Gasteiger partial charge in [-0.2, -0.15) is 0 Å². The molecule has 2 N–H and O–H groups in total. The van der Waals surface area contributed by atoms with Crippen molar-refractivity contribution in [1.29, 1.82) is 0 Å². The third kappa shape index (κ3) is 4.81. The molecule has 148 valence electrons. The van der Waals surface area contributed by atoms with Gasteiger partial charge in [0.15, 0.2) is 0 Å². The zero-order chi connectivity index (χ0) is 18.7. The Kier molecular flexibility index (Phi) is 7.65. The molecule has 1 amide bonds. The number of benzene rings is 1. The summed E-state index contributed by atoms with van der Waals surface area (Å²) in [6.07, 6.45) is 1.36. The van der Waals surface area contributed by atoms with Crippen LogP contribution < -0.4 is 10.6 Å². The van der Waals surface area contributed by atoms with Gasteiger partial charge >= 0.3 is 0 Å². The Morgan fingerprint density at radius 3 is 2.56 bits per heavy atom. The molecule has 1 aromatic carbocycles. The standard InChI is InChI=1S/C19H24ClN3O2S.ClH/c1-12-16(26-17(22-12)14-4-6-15(20)7-5-14)13(2)23-18(24)19(25-3)8-10-21-11-9-19;/h4-7,13,21H,8-11H2,1-3H3,(H,23,24);1H. The Balaban J connectivity index is 0.00000261. The topological polar surface area (TPSA) is 63.2 Å². The van der Waals surface area contributed by atoms with Crippen LogP contribution in [0.4, 0.5) is 0 Å². The first kappa shape index (κ1) is 22.1. The average molecular weight is 430 g/mol. The Morgan fingerprint density at radius 1 is 1.33 bits per heavy atom. The van der Waals surface area contributed by atoms with Crippen molar-refractivity contribution in [3.8, 4) is 10.6 Å². The van der Waals surface area contributed by atoms with Gasteiger partial charge in [-0.1, -0.05) is 23.7 Å². The smallest absolute Gasteiger partial charge is 0.252 e. The monoisotopic (exact) mass is 429 g/mol. The number of nitrogens with zero attached hydrogens (tertiary/aromatic N) is 1. The molecule has 1 saturated heterocycles. The first-order chi connectivity index (χ1) is 12.4. The van der Waals surface area contributed by atoms with Crippen LogP contribution >= 0.6 is 35.3 Å². The van der Waals surface area contributed by atoms with E-state index in [0.717, 1.165) is 34.2 Å². The lowest BCUT2D eigenvalue weighted by Crippen LogP contribution is -2.54. The van der Waals surface area contributed by atoms with Gasteiger partial charge < -0.3 is 15.4 Å². The molecule has 0 saturated carbocycles. The Labute approximate surface area is 175 Å². The van der Waals surface area contributed by atoms with E-state index in [-0.39, 0.29) is 24.4 Å². The molecule has 0 spiro atoms. The number of methoxy groups -OCH3 is 1. The molecule has 1 aliphatic rings. The number of amides is 1. The van der Waals surface area contributed by atoms with Gasteiger partial charge in [-0.25, -0.2) is 4.98 Å². The van der Waals surface area contributed by atoms with E-state index in [1.165, 1.54) is 0 Å². The molecule has 5 nitrogen and oxygen atoms in total. The summed E-state index contributed by atoms with van der Waals surface area (Å²) in [4.78, 5) is 18.6. The quantitative estimate of drug-likeness (QED) is 0.749. The van der Waals surface area contributed by atoms with Crippen molar-refractivity contribution in [1.82, 2.24) is 15.6 Å². The maximum Gasteiger partial charge on any atom is 0.252 e. The molecule has 1 aliphatic heterocycles. The summed E-state index contributed by atoms with van der Waals surface area (Å²) < 4.78 is 5.62. The summed E-state index contributed by atoms with van der Waals surface area (Å²) in [7, 11) is 1.62. The van der Waals surface area contributed by atoms with E-state index in [4.69, 9.17) is 16.3 Å². The fraction of sp³-hybridized carbons (Fsp3) is 0.474. The molecule has 0 radical (unpaired) electrons. The third-order valence-corrected chi connectivity index (χ3v) is 6.52. The van der Waals surface area contributed by atoms with E-state index in [1.54, 1.807) is 18.4 Å². The molecule has 0 aliphatic carbocycles. The summed E-state index contributed by atoms with van der Waals surface area (Å²) in [5.74, 6) is -0.0464. The van der Waals surface area contributed by atoms with E-state index < -0.39 is 5.60 Å². The molecule has 8 heteroatoms. The predicted molar refractivity (Wildman–Crippen MR) is 113 cm³/mol. The van der Waals surface area contributed by atoms with E-state index >= 15 is 0 Å². The highest BCUT2D eigenvalue weighted by Gasteiger charge is 2.40. The molecule has 1 fully saturated rings. The zero-order valence-electron chi connectivity index (χ0n) is 15.7. The first-order valence-electron chi connectivity index (χ1n) is 8.75. The zero-order valence-corrected chi connectivity index (χ0v) is 18.1. The SMILES string of the molecule is COC1(C(=O)NC(C)c2sc(-c3ccc(Cl)cc3)nc2C)CCNCC1.Cl. The summed E-state index contributed by atoms with van der Waals surface area (Å²) in [6.45, 7) is 5.55. The molecule has 27 heavy (non-hydrogen) atoms. The van der Waals surface area contributed by atoms with Crippen molar-refractivity contribution < 1.29 is 9.53 Å². The van der Waals surface area contributed by atoms with Crippen molar-refractivity contribution in [2.24, 2.45) is 0 Å². The molecule has 2 aromatic rings. The van der Waals surface area contributed by atoms with Gasteiger partial charge in [-0.15, -0.1) is 23.7 Å². The van der Waals surface area contributed by atoms with Gasteiger partial charge in [0, 0.05) is 17.7 Å². The lowest BCUT2D eigenvalue weighted by atomic mass is 9.91. The Hall–Kier alpha value is -1.18. The summed E-state index contributed by atoms with van der Waals surface area (Å²) >= 11 is 7.56. The highest BCUT2D eigenvalue weighted by atomic mass is 35.5. The second kappa shape index (κ2) is 9.34. The number of hydrogen-bond acceptors (Lipinski definition) is 5. The average Bonchev–Trinajstić information content (AvgIpc) is 3.04. The van der Waals surface area contributed by atoms with Crippen molar-refractivity contribution in [2.45, 2.75) is 38.3 Å². The maximum absolute atomic E-state index is 12.9. The summed E-state index contributed by atoms with van der Waals surface area (Å²) in [5, 5.41) is 8.03. The number of hydrogen-bond donors (Lipinski definition) is 2. The van der Waals surface area contributed by atoms with Crippen LogP contribution in [-0.2, 0) is 9.53 Å². The van der Waals surface area contributed by atoms with Gasteiger partial charge in [0.05, 0.1) is 16.6 Å². The van der Waals surface area contributed by atoms with E-state index in [1.807, 2.05) is 38.1 Å². The van der Waals surface area contributed by atoms with Crippen LogP contribution in [0.25, 0.3) is 10.6 Å². The number of ether oxygens (including phenoxy) is 1. The second-order valence-electron chi connectivity index (χ2n) is 6.62. The van der Waals surface area contributed by atoms with Crippen LogP contribution in [0.2, 0.25) is 5.02 Å². The maximum atomic E-state index is 12.9. The minimum Gasteiger partial charge on any atom is -0.368 e. The largest absolute Gasteiger partial charge is 0.368 e. The van der Waals surface area contributed by atoms with Crippen LogP contribution in [0.1, 0.15) is 36.4 Å². The lowest BCUT2D eigenvalue weighted by molar-refractivity contribution is -0.147. The molecular weight excluding hydrogens is 405 g/mol. The van der Waals surface area contributed by atoms with Crippen molar-refractivity contribution in [2.75, 3.05) is 20.2 Å². The summed E-state index contributed by atoms with van der Waals surface area (Å²) in [5.41, 5.74) is 1.22. The number of carbonyl (C=O) groups is 1. The minimum atomic E-state index is -0.739. The fourth-order valence-electron chi connectivity index (χ4n) is 3.27. The number of carbonyl (C=O) groups excluding carboxylic acids is 1. The molecule has 2 heterocycles. The van der Waals surface area contributed by atoms with E-state index in [9.17, 15) is 4.79 Å². The molecule has 3 rings (SSSR count). The lowest BCUT2D eigenvalue weighted by Gasteiger charge is -2.35. The molecule has 1 atom stereocenters. The van der Waals surface area contributed by atoms with Gasteiger partial charge in [-0.05, 0) is 51.9 Å². The predicted octanol–water partition coefficient (Wildman–Crippen LogP) is 4.14. The number of aryl methyl sites for hydroxylation is 1. The van der Waals surface area contributed by atoms with Crippen molar-refractivity contribution >= 4 is 41.3 Å². The highest BCUT2D eigenvalue weighted by Crippen LogP contribution is 2.33. The fourth-order valence-corrected chi connectivity index (χ4v) is 4.47. The number of rotatable bonds is 5. The molecular formula is C19H25Cl2N3O2S. The highest BCUT2D eigenvalue weighted by molar-refractivity contribution is 7.15. The van der Waals surface area contributed by atoms with Crippen LogP contribution in [0.5, 0.6) is 0 Å². The Bertz CT molecular complexity index is 774. The van der Waals surface area contributed by atoms with Crippen molar-refractivity contribution in [3.05, 3.63) is 39.9 Å². The van der Waals surface area contributed by atoms with Gasteiger partial charge in [0.1, 0.15) is 10.6 Å². The molecule has 0 bridgehead atoms. The van der Waals surface area contributed by atoms with Crippen LogP contribution in [0, 0.1) is 6.92 Å². The van der Waals surface area contributed by atoms with Crippen LogP contribution in [0.3, 0.4) is 0 Å². The molecule has 1 unspecified atom stereocenters. The van der Waals surface area contributed by atoms with Crippen molar-refractivity contribution in [3.63, 3.8) is 0 Å². The van der Waals surface area contributed by atoms with Gasteiger partial charge in [0.2, 0.25) is 0 Å². The minimum absolute atomic E-state index is 0. The first-order valence-corrected chi connectivity index (χ1v) is 9.95. The third-order valence-electron chi connectivity index (χ3n) is 4.88. The van der Waals surface area contributed by atoms with Gasteiger partial charge in [0.25, 0.3) is 5.91 Å². The number of nitrogens with one attached hydrogen (secondary N) is 2. The Morgan fingerprint density at radius 2 is 1.96 bits per heavy atom. The van der Waals surface area contributed by atoms with E-state index in [2.05, 4.69) is 15.6 Å². The number of piperidine rings is 1. The normalized spacial score (nSPS) is 17.0. The number of halogens is 2. The van der Waals surface area contributed by atoms with E-state index in [0.29, 0.717) is 17.9 Å². The summed E-state index contributed by atoms with van der Waals surface area (Å²) in [6, 6.07) is 7.52. The van der Waals surface area contributed by atoms with Gasteiger partial charge in [-0.3, -0.25) is 4.79 Å². The number of aromatic nitrogens is 1.